The normalized spacial score (nSPS) is 18.7. The first kappa shape index (κ1) is 13.4. The molecule has 0 saturated carbocycles. The van der Waals surface area contributed by atoms with Crippen molar-refractivity contribution in [2.45, 2.75) is 65.0 Å². The second-order valence-electron chi connectivity index (χ2n) is 5.19. The van der Waals surface area contributed by atoms with E-state index in [4.69, 9.17) is 12.6 Å². The lowest BCUT2D eigenvalue weighted by Gasteiger charge is -2.28. The molecular weight excluding hydrogens is 176 g/mol. The van der Waals surface area contributed by atoms with Crippen molar-refractivity contribution in [1.29, 1.82) is 0 Å². The maximum atomic E-state index is 4.76. The Morgan fingerprint density at radius 2 is 1.69 bits per heavy atom. The van der Waals surface area contributed by atoms with Gasteiger partial charge in [-0.2, -0.15) is 12.6 Å². The van der Waals surface area contributed by atoms with Crippen molar-refractivity contribution < 1.29 is 0 Å². The van der Waals surface area contributed by atoms with Gasteiger partial charge in [-0.05, 0) is 24.7 Å². The second-order valence-corrected chi connectivity index (χ2v) is 6.27. The first-order valence-corrected chi connectivity index (χ1v) is 6.04. The molecular formula is C12H26S. The van der Waals surface area contributed by atoms with E-state index in [0.29, 0.717) is 0 Å². The third-order valence-electron chi connectivity index (χ3n) is 2.42. The molecule has 0 rings (SSSR count). The molecule has 0 aromatic carbocycles. The Bertz CT molecular complexity index is 127. The van der Waals surface area contributed by atoms with Crippen molar-refractivity contribution >= 4 is 12.6 Å². The highest BCUT2D eigenvalue weighted by molar-refractivity contribution is 7.81. The van der Waals surface area contributed by atoms with Crippen LogP contribution in [0.15, 0.2) is 0 Å². The van der Waals surface area contributed by atoms with Crippen LogP contribution in [0.1, 0.15) is 60.3 Å². The van der Waals surface area contributed by atoms with Gasteiger partial charge in [0, 0.05) is 4.75 Å². The van der Waals surface area contributed by atoms with E-state index in [1.165, 1.54) is 25.7 Å². The summed E-state index contributed by atoms with van der Waals surface area (Å²) in [7, 11) is 0. The summed E-state index contributed by atoms with van der Waals surface area (Å²) in [5, 5.41) is 0. The molecule has 0 spiro atoms. The largest absolute Gasteiger partial charge is 0.173 e. The van der Waals surface area contributed by atoms with Crippen LogP contribution in [0.2, 0.25) is 0 Å². The van der Waals surface area contributed by atoms with Crippen LogP contribution in [0.5, 0.6) is 0 Å². The predicted octanol–water partition coefficient (Wildman–Crippen LogP) is 4.55. The van der Waals surface area contributed by atoms with Gasteiger partial charge in [-0.3, -0.25) is 0 Å². The van der Waals surface area contributed by atoms with Crippen LogP contribution in [-0.2, 0) is 0 Å². The summed E-state index contributed by atoms with van der Waals surface area (Å²) in [5.41, 5.74) is 0. The fourth-order valence-corrected chi connectivity index (χ4v) is 2.99. The van der Waals surface area contributed by atoms with Gasteiger partial charge in [-0.15, -0.1) is 0 Å². The zero-order chi connectivity index (χ0) is 10.5. The van der Waals surface area contributed by atoms with Gasteiger partial charge in [0.05, 0.1) is 0 Å². The molecule has 0 fully saturated rings. The lowest BCUT2D eigenvalue weighted by atomic mass is 9.87. The van der Waals surface area contributed by atoms with Gasteiger partial charge in [0.2, 0.25) is 0 Å². The molecule has 0 radical (unpaired) electrons. The maximum absolute atomic E-state index is 4.76. The summed E-state index contributed by atoms with van der Waals surface area (Å²) in [6.45, 7) is 11.4. The van der Waals surface area contributed by atoms with Crippen LogP contribution in [0.25, 0.3) is 0 Å². The molecule has 0 aliphatic carbocycles. The minimum absolute atomic E-state index is 0.239. The van der Waals surface area contributed by atoms with E-state index in [1.807, 2.05) is 0 Å². The molecule has 0 amide bonds. The third-order valence-corrected chi connectivity index (χ3v) is 2.78. The van der Waals surface area contributed by atoms with E-state index in [1.54, 1.807) is 0 Å². The maximum Gasteiger partial charge on any atom is 0.0106 e. The molecule has 0 aromatic rings. The Morgan fingerprint density at radius 1 is 1.15 bits per heavy atom. The standard InChI is InChI=1S/C12H26S/c1-6-7-11(4)9-12(5,13)8-10(2)3/h10-11,13H,6-9H2,1-5H3/t11-,12-/m1/s1. The average Bonchev–Trinajstić information content (AvgIpc) is 1.81. The number of thiol groups is 1. The molecule has 2 atom stereocenters. The second kappa shape index (κ2) is 5.95. The molecule has 80 valence electrons. The highest BCUT2D eigenvalue weighted by Crippen LogP contribution is 2.31. The predicted molar refractivity (Wildman–Crippen MR) is 65.5 cm³/mol. The van der Waals surface area contributed by atoms with E-state index in [-0.39, 0.29) is 4.75 Å². The third kappa shape index (κ3) is 7.42. The summed E-state index contributed by atoms with van der Waals surface area (Å²) in [6, 6.07) is 0. The first-order chi connectivity index (χ1) is 5.87. The lowest BCUT2D eigenvalue weighted by molar-refractivity contribution is 0.374. The smallest absolute Gasteiger partial charge is 0.0106 e. The molecule has 1 heteroatoms. The number of hydrogen-bond acceptors (Lipinski definition) is 1. The van der Waals surface area contributed by atoms with Crippen LogP contribution in [0.3, 0.4) is 0 Å². The van der Waals surface area contributed by atoms with E-state index in [2.05, 4.69) is 34.6 Å². The van der Waals surface area contributed by atoms with Crippen molar-refractivity contribution in [1.82, 2.24) is 0 Å². The van der Waals surface area contributed by atoms with Crippen molar-refractivity contribution in [3.63, 3.8) is 0 Å². The van der Waals surface area contributed by atoms with Crippen LogP contribution < -0.4 is 0 Å². The molecule has 0 bridgehead atoms. The molecule has 0 heterocycles. The van der Waals surface area contributed by atoms with Crippen LogP contribution in [-0.4, -0.2) is 4.75 Å². The fourth-order valence-electron chi connectivity index (χ4n) is 2.31. The zero-order valence-corrected chi connectivity index (χ0v) is 10.8. The SMILES string of the molecule is CCC[C@@H](C)C[C@](C)(S)CC(C)C. The monoisotopic (exact) mass is 202 g/mol. The minimum atomic E-state index is 0.239. The highest BCUT2D eigenvalue weighted by Gasteiger charge is 2.22. The Morgan fingerprint density at radius 3 is 2.08 bits per heavy atom. The Balaban J connectivity index is 3.85. The van der Waals surface area contributed by atoms with E-state index in [9.17, 15) is 0 Å². The first-order valence-electron chi connectivity index (χ1n) is 5.59. The average molecular weight is 202 g/mol. The Hall–Kier alpha value is 0.350. The fraction of sp³-hybridized carbons (Fsp3) is 1.00. The Labute approximate surface area is 89.9 Å². The molecule has 0 aromatic heterocycles. The Kier molecular flexibility index (Phi) is 6.11. The molecule has 0 unspecified atom stereocenters. The van der Waals surface area contributed by atoms with Crippen LogP contribution in [0, 0.1) is 11.8 Å². The molecule has 0 N–H and O–H groups in total. The van der Waals surface area contributed by atoms with Gasteiger partial charge in [0.1, 0.15) is 0 Å². The minimum Gasteiger partial charge on any atom is -0.173 e. The van der Waals surface area contributed by atoms with Gasteiger partial charge >= 0.3 is 0 Å². The number of rotatable bonds is 6. The quantitative estimate of drug-likeness (QED) is 0.600. The zero-order valence-electron chi connectivity index (χ0n) is 9.93. The van der Waals surface area contributed by atoms with Gasteiger partial charge < -0.3 is 0 Å². The van der Waals surface area contributed by atoms with E-state index in [0.717, 1.165) is 11.8 Å². The summed E-state index contributed by atoms with van der Waals surface area (Å²) < 4.78 is 0.239. The van der Waals surface area contributed by atoms with Gasteiger partial charge in [-0.25, -0.2) is 0 Å². The van der Waals surface area contributed by atoms with Crippen LogP contribution >= 0.6 is 12.6 Å². The van der Waals surface area contributed by atoms with Crippen molar-refractivity contribution in [2.75, 3.05) is 0 Å². The van der Waals surface area contributed by atoms with E-state index < -0.39 is 0 Å². The molecule has 0 aliphatic rings. The summed E-state index contributed by atoms with van der Waals surface area (Å²) in [4.78, 5) is 0. The van der Waals surface area contributed by atoms with Gasteiger partial charge in [-0.1, -0.05) is 47.5 Å². The van der Waals surface area contributed by atoms with Crippen LogP contribution in [0.4, 0.5) is 0 Å². The van der Waals surface area contributed by atoms with Gasteiger partial charge in [0.15, 0.2) is 0 Å². The number of hydrogen-bond donors (Lipinski definition) is 1. The summed E-state index contributed by atoms with van der Waals surface area (Å²) in [5.74, 6) is 1.59. The van der Waals surface area contributed by atoms with Crippen molar-refractivity contribution in [3.8, 4) is 0 Å². The summed E-state index contributed by atoms with van der Waals surface area (Å²) >= 11 is 4.76. The lowest BCUT2D eigenvalue weighted by Crippen LogP contribution is -2.22. The highest BCUT2D eigenvalue weighted by atomic mass is 32.1. The van der Waals surface area contributed by atoms with Crippen molar-refractivity contribution in [2.24, 2.45) is 11.8 Å². The molecule has 0 nitrogen and oxygen atoms in total. The molecule has 13 heavy (non-hydrogen) atoms. The van der Waals surface area contributed by atoms with Gasteiger partial charge in [0.25, 0.3) is 0 Å². The van der Waals surface area contributed by atoms with Crippen molar-refractivity contribution in [3.05, 3.63) is 0 Å². The van der Waals surface area contributed by atoms with E-state index >= 15 is 0 Å². The molecule has 0 saturated heterocycles. The molecule has 0 aliphatic heterocycles. The summed E-state index contributed by atoms with van der Waals surface area (Å²) in [6.07, 6.45) is 5.12. The topological polar surface area (TPSA) is 0 Å².